The van der Waals surface area contributed by atoms with Crippen molar-refractivity contribution in [3.8, 4) is 16.2 Å². The zero-order valence-corrected chi connectivity index (χ0v) is 11.6. The highest BCUT2D eigenvalue weighted by Crippen LogP contribution is 2.39. The fourth-order valence-electron chi connectivity index (χ4n) is 1.90. The number of aryl methyl sites for hydroxylation is 1. The standard InChI is InChI=1S/C15H18OS/c1-10-9-13(15(2,3)4)14(17-10)11-5-7-12(16)8-6-11/h5-9,16H,1-4H3. The van der Waals surface area contributed by atoms with Gasteiger partial charge in [0, 0.05) is 9.75 Å². The Labute approximate surface area is 107 Å². The Morgan fingerprint density at radius 2 is 1.65 bits per heavy atom. The summed E-state index contributed by atoms with van der Waals surface area (Å²) in [6.07, 6.45) is 0. The van der Waals surface area contributed by atoms with Crippen LogP contribution >= 0.6 is 11.3 Å². The number of phenolic OH excluding ortho intramolecular Hbond substituents is 1. The van der Waals surface area contributed by atoms with Gasteiger partial charge in [0.05, 0.1) is 0 Å². The third kappa shape index (κ3) is 2.52. The Morgan fingerprint density at radius 3 is 2.18 bits per heavy atom. The summed E-state index contributed by atoms with van der Waals surface area (Å²) in [7, 11) is 0. The van der Waals surface area contributed by atoms with Crippen LogP contribution in [-0.2, 0) is 5.41 Å². The van der Waals surface area contributed by atoms with Crippen LogP contribution in [0.5, 0.6) is 5.75 Å². The van der Waals surface area contributed by atoms with E-state index in [0.717, 1.165) is 0 Å². The molecule has 2 rings (SSSR count). The van der Waals surface area contributed by atoms with Gasteiger partial charge in [0.25, 0.3) is 0 Å². The van der Waals surface area contributed by atoms with E-state index in [0.29, 0.717) is 5.75 Å². The molecule has 0 spiro atoms. The van der Waals surface area contributed by atoms with E-state index in [1.54, 1.807) is 12.1 Å². The smallest absolute Gasteiger partial charge is 0.115 e. The van der Waals surface area contributed by atoms with Gasteiger partial charge in [0.15, 0.2) is 0 Å². The van der Waals surface area contributed by atoms with Crippen molar-refractivity contribution in [3.05, 3.63) is 40.8 Å². The van der Waals surface area contributed by atoms with Gasteiger partial charge in [-0.15, -0.1) is 11.3 Å². The molecule has 0 fully saturated rings. The quantitative estimate of drug-likeness (QED) is 0.771. The van der Waals surface area contributed by atoms with Crippen LogP contribution < -0.4 is 0 Å². The molecule has 2 aromatic rings. The Bertz CT molecular complexity index is 515. The summed E-state index contributed by atoms with van der Waals surface area (Å²) in [5.74, 6) is 0.319. The molecule has 0 radical (unpaired) electrons. The van der Waals surface area contributed by atoms with E-state index in [9.17, 15) is 5.11 Å². The second-order valence-corrected chi connectivity index (χ2v) is 6.65. The van der Waals surface area contributed by atoms with Crippen LogP contribution in [0.1, 0.15) is 31.2 Å². The maximum atomic E-state index is 9.34. The van der Waals surface area contributed by atoms with Gasteiger partial charge in [0.2, 0.25) is 0 Å². The van der Waals surface area contributed by atoms with Crippen LogP contribution in [0.15, 0.2) is 30.3 Å². The van der Waals surface area contributed by atoms with Gasteiger partial charge in [-0.3, -0.25) is 0 Å². The van der Waals surface area contributed by atoms with E-state index in [-0.39, 0.29) is 5.41 Å². The fraction of sp³-hybridized carbons (Fsp3) is 0.333. The SMILES string of the molecule is Cc1cc(C(C)(C)C)c(-c2ccc(O)cc2)s1. The molecule has 0 bridgehead atoms. The number of thiophene rings is 1. The van der Waals surface area contributed by atoms with E-state index >= 15 is 0 Å². The van der Waals surface area contributed by atoms with Crippen LogP contribution in [0.4, 0.5) is 0 Å². The molecular weight excluding hydrogens is 228 g/mol. The van der Waals surface area contributed by atoms with Crippen molar-refractivity contribution in [3.63, 3.8) is 0 Å². The number of rotatable bonds is 1. The first-order valence-corrected chi connectivity index (χ1v) is 6.60. The molecule has 1 heterocycles. The minimum absolute atomic E-state index is 0.151. The normalized spacial score (nSPS) is 11.8. The molecule has 17 heavy (non-hydrogen) atoms. The molecule has 0 unspecified atom stereocenters. The maximum Gasteiger partial charge on any atom is 0.115 e. The molecule has 0 aliphatic heterocycles. The fourth-order valence-corrected chi connectivity index (χ4v) is 3.13. The second-order valence-electron chi connectivity index (χ2n) is 5.40. The Morgan fingerprint density at radius 1 is 1.06 bits per heavy atom. The first kappa shape index (κ1) is 12.2. The van der Waals surface area contributed by atoms with Crippen LogP contribution in [0.25, 0.3) is 10.4 Å². The van der Waals surface area contributed by atoms with E-state index in [1.165, 1.54) is 20.9 Å². The minimum Gasteiger partial charge on any atom is -0.508 e. The van der Waals surface area contributed by atoms with Crippen molar-refractivity contribution >= 4 is 11.3 Å². The van der Waals surface area contributed by atoms with E-state index < -0.39 is 0 Å². The Kier molecular flexibility index (Phi) is 3.00. The highest BCUT2D eigenvalue weighted by Gasteiger charge is 2.21. The van der Waals surface area contributed by atoms with Crippen molar-refractivity contribution in [1.82, 2.24) is 0 Å². The molecule has 1 aromatic heterocycles. The summed E-state index contributed by atoms with van der Waals surface area (Å²) in [6, 6.07) is 9.73. The predicted molar refractivity (Wildman–Crippen MR) is 74.9 cm³/mol. The number of phenols is 1. The summed E-state index contributed by atoms with van der Waals surface area (Å²) in [6.45, 7) is 8.85. The average Bonchev–Trinajstić information content (AvgIpc) is 2.61. The molecular formula is C15H18OS. The van der Waals surface area contributed by atoms with Gasteiger partial charge >= 0.3 is 0 Å². The maximum absolute atomic E-state index is 9.34. The van der Waals surface area contributed by atoms with E-state index in [2.05, 4.69) is 33.8 Å². The van der Waals surface area contributed by atoms with Crippen molar-refractivity contribution < 1.29 is 5.11 Å². The lowest BCUT2D eigenvalue weighted by molar-refractivity contribution is 0.475. The van der Waals surface area contributed by atoms with Crippen molar-refractivity contribution in [2.75, 3.05) is 0 Å². The van der Waals surface area contributed by atoms with Crippen LogP contribution in [0.2, 0.25) is 0 Å². The summed E-state index contributed by atoms with van der Waals surface area (Å²) in [5.41, 5.74) is 2.72. The zero-order valence-electron chi connectivity index (χ0n) is 10.7. The summed E-state index contributed by atoms with van der Waals surface area (Å²) in [4.78, 5) is 2.65. The second kappa shape index (κ2) is 4.19. The van der Waals surface area contributed by atoms with Crippen molar-refractivity contribution in [1.29, 1.82) is 0 Å². The number of aromatic hydroxyl groups is 1. The highest BCUT2D eigenvalue weighted by molar-refractivity contribution is 7.15. The molecule has 0 saturated carbocycles. The number of hydrogen-bond acceptors (Lipinski definition) is 2. The van der Waals surface area contributed by atoms with Gasteiger partial charge in [-0.2, -0.15) is 0 Å². The van der Waals surface area contributed by atoms with Crippen LogP contribution in [0.3, 0.4) is 0 Å². The molecule has 0 amide bonds. The first-order valence-electron chi connectivity index (χ1n) is 5.78. The van der Waals surface area contributed by atoms with Gasteiger partial charge in [0.1, 0.15) is 5.75 Å². The lowest BCUT2D eigenvalue weighted by Crippen LogP contribution is -2.10. The minimum atomic E-state index is 0.151. The summed E-state index contributed by atoms with van der Waals surface area (Å²) in [5, 5.41) is 9.34. The van der Waals surface area contributed by atoms with Crippen LogP contribution in [-0.4, -0.2) is 5.11 Å². The summed E-state index contributed by atoms with van der Waals surface area (Å²) < 4.78 is 0. The van der Waals surface area contributed by atoms with Crippen molar-refractivity contribution in [2.45, 2.75) is 33.1 Å². The third-order valence-corrected chi connectivity index (χ3v) is 3.89. The molecule has 1 N–H and O–H groups in total. The Balaban J connectivity index is 2.55. The van der Waals surface area contributed by atoms with Crippen LogP contribution in [0, 0.1) is 6.92 Å². The van der Waals surface area contributed by atoms with Gasteiger partial charge in [-0.25, -0.2) is 0 Å². The van der Waals surface area contributed by atoms with Gasteiger partial charge in [-0.05, 0) is 53.8 Å². The molecule has 0 aliphatic rings. The molecule has 0 aliphatic carbocycles. The van der Waals surface area contributed by atoms with Gasteiger partial charge < -0.3 is 5.11 Å². The summed E-state index contributed by atoms with van der Waals surface area (Å²) >= 11 is 1.82. The topological polar surface area (TPSA) is 20.2 Å². The lowest BCUT2D eigenvalue weighted by atomic mass is 9.86. The number of hydrogen-bond donors (Lipinski definition) is 1. The number of benzene rings is 1. The molecule has 90 valence electrons. The molecule has 0 saturated heterocycles. The third-order valence-electron chi connectivity index (χ3n) is 2.79. The molecule has 1 aromatic carbocycles. The van der Waals surface area contributed by atoms with Gasteiger partial charge in [-0.1, -0.05) is 20.8 Å². The molecule has 2 heteroatoms. The Hall–Kier alpha value is -1.28. The monoisotopic (exact) mass is 246 g/mol. The predicted octanol–water partition coefficient (Wildman–Crippen LogP) is 4.73. The highest BCUT2D eigenvalue weighted by atomic mass is 32.1. The molecule has 0 atom stereocenters. The average molecular weight is 246 g/mol. The largest absolute Gasteiger partial charge is 0.508 e. The first-order chi connectivity index (χ1) is 7.88. The zero-order chi connectivity index (χ0) is 12.6. The van der Waals surface area contributed by atoms with E-state index in [1.807, 2.05) is 23.5 Å². The van der Waals surface area contributed by atoms with Crippen molar-refractivity contribution in [2.24, 2.45) is 0 Å². The van der Waals surface area contributed by atoms with E-state index in [4.69, 9.17) is 0 Å². The lowest BCUT2D eigenvalue weighted by Gasteiger charge is -2.19. The molecule has 1 nitrogen and oxygen atoms in total.